The van der Waals surface area contributed by atoms with Crippen LogP contribution in [0.4, 0.5) is 34.1 Å². The zero-order valence-corrected chi connectivity index (χ0v) is 35.9. The lowest BCUT2D eigenvalue weighted by atomic mass is 9.33. The third-order valence-electron chi connectivity index (χ3n) is 14.6. The molecule has 2 aliphatic heterocycles. The fourth-order valence-corrected chi connectivity index (χ4v) is 11.7. The van der Waals surface area contributed by atoms with E-state index in [1.54, 1.807) is 0 Å². The van der Waals surface area contributed by atoms with E-state index < -0.39 is 0 Å². The van der Waals surface area contributed by atoms with Gasteiger partial charge in [0.25, 0.3) is 6.71 Å². The second-order valence-electron chi connectivity index (χ2n) is 18.2. The second-order valence-corrected chi connectivity index (χ2v) is 18.2. The van der Waals surface area contributed by atoms with Gasteiger partial charge in [-0.3, -0.25) is 0 Å². The molecule has 0 amide bonds. The van der Waals surface area contributed by atoms with Crippen LogP contribution in [0.25, 0.3) is 66.1 Å². The summed E-state index contributed by atoms with van der Waals surface area (Å²) in [5, 5.41) is 4.58. The minimum Gasteiger partial charge on any atom is -0.455 e. The van der Waals surface area contributed by atoms with Crippen LogP contribution in [-0.4, -0.2) is 6.71 Å². The van der Waals surface area contributed by atoms with E-state index in [4.69, 9.17) is 8.83 Å². The Hall–Kier alpha value is -7.76. The molecular weight excluding hydrogens is 791 g/mol. The lowest BCUT2D eigenvalue weighted by Crippen LogP contribution is -2.61. The molecule has 0 radical (unpaired) electrons. The summed E-state index contributed by atoms with van der Waals surface area (Å²) in [6, 6.07) is 71.3. The lowest BCUT2D eigenvalue weighted by molar-refractivity contribution is 0.444. The molecule has 0 atom stereocenters. The van der Waals surface area contributed by atoms with Crippen molar-refractivity contribution >= 4 is 101 Å². The molecule has 4 nitrogen and oxygen atoms in total. The Balaban J connectivity index is 0.992. The highest BCUT2D eigenvalue weighted by atomic mass is 16.3. The third kappa shape index (κ3) is 5.58. The Morgan fingerprint density at radius 3 is 1.62 bits per heavy atom. The van der Waals surface area contributed by atoms with Gasteiger partial charge < -0.3 is 18.6 Å². The molecule has 5 heteroatoms. The summed E-state index contributed by atoms with van der Waals surface area (Å²) < 4.78 is 13.2. The van der Waals surface area contributed by atoms with Crippen molar-refractivity contribution in [3.8, 4) is 22.3 Å². The van der Waals surface area contributed by atoms with Gasteiger partial charge >= 0.3 is 0 Å². The molecule has 2 aromatic heterocycles. The molecule has 0 spiro atoms. The van der Waals surface area contributed by atoms with Crippen LogP contribution in [0.1, 0.15) is 43.6 Å². The molecule has 1 aliphatic carbocycles. The summed E-state index contributed by atoms with van der Waals surface area (Å²) in [7, 11) is 0. The molecule has 308 valence electrons. The van der Waals surface area contributed by atoms with Crippen LogP contribution < -0.4 is 26.2 Å². The van der Waals surface area contributed by atoms with Crippen molar-refractivity contribution in [2.24, 2.45) is 0 Å². The fourth-order valence-electron chi connectivity index (χ4n) is 11.7. The van der Waals surface area contributed by atoms with Gasteiger partial charge in [-0.05, 0) is 113 Å². The number of nitrogens with zero attached hydrogens (tertiary/aromatic N) is 2. The summed E-state index contributed by atoms with van der Waals surface area (Å²) in [5.41, 5.74) is 20.8. The molecule has 0 bridgehead atoms. The van der Waals surface area contributed by atoms with Crippen molar-refractivity contribution in [2.75, 3.05) is 9.80 Å². The van der Waals surface area contributed by atoms with Crippen molar-refractivity contribution in [3.63, 3.8) is 0 Å². The number of para-hydroxylation sites is 6. The first-order valence-corrected chi connectivity index (χ1v) is 23.2. The first-order chi connectivity index (χ1) is 32.2. The Labute approximate surface area is 378 Å². The average Bonchev–Trinajstić information content (AvgIpc) is 3.96. The Morgan fingerprint density at radius 2 is 0.938 bits per heavy atom. The molecule has 11 aromatic rings. The highest BCUT2D eigenvalue weighted by molar-refractivity contribution is 7.00. The zero-order chi connectivity index (χ0) is 42.6. The monoisotopic (exact) mass is 834 g/mol. The molecule has 1 fully saturated rings. The van der Waals surface area contributed by atoms with Gasteiger partial charge in [-0.15, -0.1) is 0 Å². The lowest BCUT2D eigenvalue weighted by Gasteiger charge is -2.45. The van der Waals surface area contributed by atoms with E-state index in [0.29, 0.717) is 5.92 Å². The third-order valence-corrected chi connectivity index (χ3v) is 14.6. The molecule has 1 saturated carbocycles. The first kappa shape index (κ1) is 36.7. The van der Waals surface area contributed by atoms with E-state index in [9.17, 15) is 0 Å². The van der Waals surface area contributed by atoms with E-state index in [2.05, 4.69) is 198 Å². The summed E-state index contributed by atoms with van der Waals surface area (Å²) >= 11 is 0. The van der Waals surface area contributed by atoms with Crippen LogP contribution in [-0.2, 0) is 0 Å². The maximum Gasteiger partial charge on any atom is 0.252 e. The van der Waals surface area contributed by atoms with E-state index in [0.717, 1.165) is 77.5 Å². The topological polar surface area (TPSA) is 32.8 Å². The largest absolute Gasteiger partial charge is 0.455 e. The van der Waals surface area contributed by atoms with Crippen molar-refractivity contribution < 1.29 is 8.83 Å². The van der Waals surface area contributed by atoms with Crippen molar-refractivity contribution in [2.45, 2.75) is 38.0 Å². The van der Waals surface area contributed by atoms with Gasteiger partial charge in [-0.2, -0.15) is 0 Å². The minimum atomic E-state index is 0.00241. The highest BCUT2D eigenvalue weighted by Gasteiger charge is 2.44. The number of furan rings is 2. The molecule has 65 heavy (non-hydrogen) atoms. The van der Waals surface area contributed by atoms with Crippen LogP contribution in [0.5, 0.6) is 0 Å². The summed E-state index contributed by atoms with van der Waals surface area (Å²) in [6.45, 7) is 0.00241. The van der Waals surface area contributed by atoms with Gasteiger partial charge in [0.05, 0.1) is 0 Å². The number of hydrogen-bond donors (Lipinski definition) is 0. The maximum atomic E-state index is 6.65. The van der Waals surface area contributed by atoms with Gasteiger partial charge in [0, 0.05) is 66.8 Å². The minimum absolute atomic E-state index is 0.00241. The highest BCUT2D eigenvalue weighted by Crippen LogP contribution is 2.48. The van der Waals surface area contributed by atoms with Crippen LogP contribution in [0, 0.1) is 0 Å². The Morgan fingerprint density at radius 1 is 0.400 bits per heavy atom. The van der Waals surface area contributed by atoms with Gasteiger partial charge in [-0.25, -0.2) is 0 Å². The quantitative estimate of drug-likeness (QED) is 0.162. The van der Waals surface area contributed by atoms with Gasteiger partial charge in [0.15, 0.2) is 0 Å². The summed E-state index contributed by atoms with van der Waals surface area (Å²) in [5.74, 6) is 0.514. The predicted molar refractivity (Wildman–Crippen MR) is 272 cm³/mol. The molecular formula is C60H43BN2O2. The van der Waals surface area contributed by atoms with Gasteiger partial charge in [0.2, 0.25) is 0 Å². The molecule has 9 aromatic carbocycles. The Kier molecular flexibility index (Phi) is 8.12. The van der Waals surface area contributed by atoms with Crippen LogP contribution >= 0.6 is 0 Å². The number of anilines is 6. The summed E-state index contributed by atoms with van der Waals surface area (Å²) in [6.07, 6.45) is 6.31. The molecule has 14 rings (SSSR count). The molecule has 3 aliphatic rings. The maximum absolute atomic E-state index is 6.65. The van der Waals surface area contributed by atoms with E-state index in [-0.39, 0.29) is 6.71 Å². The van der Waals surface area contributed by atoms with E-state index in [1.807, 2.05) is 6.07 Å². The SMILES string of the molecule is c1ccc(N2c3ccc(-c4cccc5c4oc4ccccc45)cc3B3c4ccccc4N(c4ccc(-c5cccc6c5oc5ccccc56)cc4)c4cc(C5CCCCC5)cc2c43)cc1. The number of benzene rings is 9. The predicted octanol–water partition coefficient (Wildman–Crippen LogP) is 14.9. The van der Waals surface area contributed by atoms with Crippen molar-refractivity contribution in [1.82, 2.24) is 0 Å². The van der Waals surface area contributed by atoms with Crippen LogP contribution in [0.3, 0.4) is 0 Å². The van der Waals surface area contributed by atoms with Gasteiger partial charge in [-0.1, -0.05) is 153 Å². The standard InChI is InChI=1S/C60H43BN2O2/c1-3-15-38(16-4-1)41-36-54-58-55(37-41)63(43-32-29-39(30-33-43)44-21-13-23-48-46-19-7-11-27-56(46)64-59(44)48)52-26-10-9-25-50(52)61(58)51-35-40(31-34-53(51)62(54)42-17-5-2-6-18-42)45-22-14-24-49-47-20-8-12-28-57(47)65-60(45)49/h2,5-14,17-38H,1,3-4,15-16H2. The van der Waals surface area contributed by atoms with Crippen molar-refractivity contribution in [1.29, 1.82) is 0 Å². The number of fused-ring (bicyclic) bond motifs is 10. The smallest absolute Gasteiger partial charge is 0.252 e. The summed E-state index contributed by atoms with van der Waals surface area (Å²) in [4.78, 5) is 5.10. The number of rotatable bonds is 5. The first-order valence-electron chi connectivity index (χ1n) is 23.2. The number of hydrogen-bond acceptors (Lipinski definition) is 4. The zero-order valence-electron chi connectivity index (χ0n) is 35.9. The van der Waals surface area contributed by atoms with E-state index in [1.165, 1.54) is 76.8 Å². The average molecular weight is 835 g/mol. The van der Waals surface area contributed by atoms with Crippen molar-refractivity contribution in [3.05, 3.63) is 200 Å². The van der Waals surface area contributed by atoms with Gasteiger partial charge in [0.1, 0.15) is 22.3 Å². The molecule has 0 N–H and O–H groups in total. The second kappa shape index (κ2) is 14.4. The van der Waals surface area contributed by atoms with Crippen LogP contribution in [0.15, 0.2) is 203 Å². The molecule has 4 heterocycles. The molecule has 0 saturated heterocycles. The fraction of sp³-hybridized carbons (Fsp3) is 0.100. The normalized spacial score (nSPS) is 14.6. The molecule has 0 unspecified atom stereocenters. The Bertz CT molecular complexity index is 3670. The van der Waals surface area contributed by atoms with Crippen LogP contribution in [0.2, 0.25) is 0 Å². The van der Waals surface area contributed by atoms with E-state index >= 15 is 0 Å².